The normalized spacial score (nSPS) is 12.4. The molecule has 1 unspecified atom stereocenters. The van der Waals surface area contributed by atoms with E-state index < -0.39 is 6.04 Å². The molecule has 2 aromatic rings. The lowest BCUT2D eigenvalue weighted by molar-refractivity contribution is -0.117. The predicted molar refractivity (Wildman–Crippen MR) is 79.4 cm³/mol. The number of benzene rings is 1. The van der Waals surface area contributed by atoms with Gasteiger partial charge in [0, 0.05) is 11.8 Å². The summed E-state index contributed by atoms with van der Waals surface area (Å²) in [6.45, 7) is 4.11. The molecule has 5 heteroatoms. The molecular formula is C15H20N4O. The first kappa shape index (κ1) is 14.3. The summed E-state index contributed by atoms with van der Waals surface area (Å²) in [5, 5.41) is 9.68. The zero-order valence-electron chi connectivity index (χ0n) is 11.8. The zero-order valence-corrected chi connectivity index (χ0v) is 11.8. The second kappa shape index (κ2) is 6.34. The van der Waals surface area contributed by atoms with E-state index in [4.69, 9.17) is 5.73 Å². The molecule has 0 aliphatic carbocycles. The van der Waals surface area contributed by atoms with E-state index in [0.717, 1.165) is 11.3 Å². The predicted octanol–water partition coefficient (Wildman–Crippen LogP) is 2.04. The van der Waals surface area contributed by atoms with Crippen LogP contribution in [0, 0.1) is 0 Å². The number of hydrogen-bond donors (Lipinski definition) is 3. The summed E-state index contributed by atoms with van der Waals surface area (Å²) in [5.41, 5.74) is 7.94. The number of anilines is 1. The Morgan fingerprint density at radius 1 is 1.35 bits per heavy atom. The van der Waals surface area contributed by atoms with Crippen molar-refractivity contribution in [3.8, 4) is 0 Å². The number of aromatic nitrogens is 2. The molecule has 0 spiro atoms. The van der Waals surface area contributed by atoms with Gasteiger partial charge in [-0.15, -0.1) is 0 Å². The molecule has 5 nitrogen and oxygen atoms in total. The maximum Gasteiger partial charge on any atom is 0.242 e. The van der Waals surface area contributed by atoms with Crippen molar-refractivity contribution in [2.24, 2.45) is 5.73 Å². The van der Waals surface area contributed by atoms with Gasteiger partial charge >= 0.3 is 0 Å². The van der Waals surface area contributed by atoms with Crippen LogP contribution >= 0.6 is 0 Å². The number of carbonyl (C=O) groups is 1. The van der Waals surface area contributed by atoms with Crippen molar-refractivity contribution in [1.29, 1.82) is 0 Å². The van der Waals surface area contributed by atoms with E-state index in [1.165, 1.54) is 0 Å². The van der Waals surface area contributed by atoms with Crippen molar-refractivity contribution >= 4 is 11.7 Å². The summed E-state index contributed by atoms with van der Waals surface area (Å²) in [6, 6.07) is 11.0. The summed E-state index contributed by atoms with van der Waals surface area (Å²) in [5.74, 6) is 0.629. The third-order valence-corrected chi connectivity index (χ3v) is 3.11. The molecule has 4 N–H and O–H groups in total. The van der Waals surface area contributed by atoms with Crippen LogP contribution in [-0.4, -0.2) is 22.1 Å². The molecule has 0 radical (unpaired) electrons. The molecule has 1 atom stereocenters. The molecule has 1 amide bonds. The largest absolute Gasteiger partial charge is 0.320 e. The van der Waals surface area contributed by atoms with Crippen molar-refractivity contribution in [2.75, 3.05) is 5.32 Å². The molecule has 20 heavy (non-hydrogen) atoms. The maximum atomic E-state index is 12.0. The molecule has 2 rings (SSSR count). The number of H-pyrrole nitrogens is 1. The van der Waals surface area contributed by atoms with Crippen LogP contribution in [0.4, 0.5) is 5.82 Å². The molecule has 0 saturated heterocycles. The summed E-state index contributed by atoms with van der Waals surface area (Å²) < 4.78 is 0. The highest BCUT2D eigenvalue weighted by Gasteiger charge is 2.15. The Morgan fingerprint density at radius 2 is 2.05 bits per heavy atom. The van der Waals surface area contributed by atoms with Crippen molar-refractivity contribution in [1.82, 2.24) is 10.2 Å². The molecular weight excluding hydrogens is 252 g/mol. The first-order valence-corrected chi connectivity index (χ1v) is 6.72. The molecule has 1 heterocycles. The van der Waals surface area contributed by atoms with Crippen molar-refractivity contribution in [3.05, 3.63) is 47.7 Å². The van der Waals surface area contributed by atoms with Gasteiger partial charge in [0.05, 0.1) is 6.04 Å². The quantitative estimate of drug-likeness (QED) is 0.778. The Hall–Kier alpha value is -2.14. The van der Waals surface area contributed by atoms with E-state index in [1.807, 2.05) is 36.4 Å². The zero-order chi connectivity index (χ0) is 14.5. The van der Waals surface area contributed by atoms with Crippen molar-refractivity contribution < 1.29 is 4.79 Å². The fourth-order valence-corrected chi connectivity index (χ4v) is 1.88. The van der Waals surface area contributed by atoms with Gasteiger partial charge in [0.2, 0.25) is 5.91 Å². The van der Waals surface area contributed by atoms with Crippen LogP contribution in [0.25, 0.3) is 0 Å². The molecule has 1 aromatic carbocycles. The van der Waals surface area contributed by atoms with Crippen LogP contribution in [0.2, 0.25) is 0 Å². The van der Waals surface area contributed by atoms with Gasteiger partial charge in [-0.1, -0.05) is 44.2 Å². The van der Waals surface area contributed by atoms with Gasteiger partial charge in [-0.2, -0.15) is 5.10 Å². The van der Waals surface area contributed by atoms with Gasteiger partial charge in [0.1, 0.15) is 0 Å². The van der Waals surface area contributed by atoms with Gasteiger partial charge in [-0.3, -0.25) is 9.89 Å². The van der Waals surface area contributed by atoms with E-state index in [-0.39, 0.29) is 5.91 Å². The molecule has 0 bridgehead atoms. The summed E-state index contributed by atoms with van der Waals surface area (Å²) in [6.07, 6.45) is 0.508. The number of carbonyl (C=O) groups excluding carboxylic acids is 1. The number of aromatic amines is 1. The number of nitrogens with one attached hydrogen (secondary N) is 2. The van der Waals surface area contributed by atoms with Crippen LogP contribution in [-0.2, 0) is 11.2 Å². The third-order valence-electron chi connectivity index (χ3n) is 3.11. The highest BCUT2D eigenvalue weighted by molar-refractivity contribution is 5.94. The van der Waals surface area contributed by atoms with Crippen LogP contribution in [0.3, 0.4) is 0 Å². The second-order valence-electron chi connectivity index (χ2n) is 5.15. The first-order valence-electron chi connectivity index (χ1n) is 6.72. The molecule has 0 aliphatic heterocycles. The molecule has 0 fully saturated rings. The highest BCUT2D eigenvalue weighted by Crippen LogP contribution is 2.15. The first-order chi connectivity index (χ1) is 9.56. The molecule has 106 valence electrons. The Balaban J connectivity index is 1.93. The van der Waals surface area contributed by atoms with E-state index in [9.17, 15) is 4.79 Å². The van der Waals surface area contributed by atoms with Crippen LogP contribution in [0.5, 0.6) is 0 Å². The Kier molecular flexibility index (Phi) is 4.53. The minimum absolute atomic E-state index is 0.226. The maximum absolute atomic E-state index is 12.0. The number of rotatable bonds is 5. The molecule has 0 saturated carbocycles. The lowest BCUT2D eigenvalue weighted by Crippen LogP contribution is -2.37. The minimum atomic E-state index is -0.586. The molecule has 1 aromatic heterocycles. The summed E-state index contributed by atoms with van der Waals surface area (Å²) >= 11 is 0. The number of nitrogens with zero attached hydrogens (tertiary/aromatic N) is 1. The van der Waals surface area contributed by atoms with E-state index >= 15 is 0 Å². The molecule has 0 aliphatic rings. The monoisotopic (exact) mass is 272 g/mol. The van der Waals surface area contributed by atoms with Gasteiger partial charge < -0.3 is 11.1 Å². The number of amides is 1. The van der Waals surface area contributed by atoms with E-state index in [0.29, 0.717) is 18.2 Å². The van der Waals surface area contributed by atoms with Gasteiger partial charge in [-0.05, 0) is 17.9 Å². The average molecular weight is 272 g/mol. The minimum Gasteiger partial charge on any atom is -0.320 e. The fraction of sp³-hybridized carbons (Fsp3) is 0.333. The summed E-state index contributed by atoms with van der Waals surface area (Å²) in [7, 11) is 0. The lowest BCUT2D eigenvalue weighted by atomic mass is 10.1. The fourth-order valence-electron chi connectivity index (χ4n) is 1.88. The van der Waals surface area contributed by atoms with Gasteiger partial charge in [0.15, 0.2) is 5.82 Å². The van der Waals surface area contributed by atoms with Crippen molar-refractivity contribution in [2.45, 2.75) is 32.2 Å². The Labute approximate surface area is 118 Å². The number of nitrogens with two attached hydrogens (primary N) is 1. The van der Waals surface area contributed by atoms with Crippen molar-refractivity contribution in [3.63, 3.8) is 0 Å². The summed E-state index contributed by atoms with van der Waals surface area (Å²) in [4.78, 5) is 12.0. The van der Waals surface area contributed by atoms with Gasteiger partial charge in [0.25, 0.3) is 0 Å². The average Bonchev–Trinajstić information content (AvgIpc) is 2.88. The topological polar surface area (TPSA) is 83.8 Å². The standard InChI is InChI=1S/C15H20N4O/c1-10(2)13-9-14(19-18-13)17-15(20)12(16)8-11-6-4-3-5-7-11/h3-7,9-10,12H,8,16H2,1-2H3,(H2,17,18,19,20). The van der Waals surface area contributed by atoms with Crippen LogP contribution in [0.1, 0.15) is 31.0 Å². The second-order valence-corrected chi connectivity index (χ2v) is 5.15. The van der Waals surface area contributed by atoms with Gasteiger partial charge in [-0.25, -0.2) is 0 Å². The Bertz CT molecular complexity index is 562. The SMILES string of the molecule is CC(C)c1cc(NC(=O)C(N)Cc2ccccc2)n[nH]1. The number of hydrogen-bond acceptors (Lipinski definition) is 3. The van der Waals surface area contributed by atoms with E-state index in [1.54, 1.807) is 0 Å². The van der Waals surface area contributed by atoms with E-state index in [2.05, 4.69) is 29.4 Å². The van der Waals surface area contributed by atoms with Crippen LogP contribution < -0.4 is 11.1 Å². The Morgan fingerprint density at radius 3 is 2.65 bits per heavy atom. The smallest absolute Gasteiger partial charge is 0.242 e. The third kappa shape index (κ3) is 3.68. The highest BCUT2D eigenvalue weighted by atomic mass is 16.2. The lowest BCUT2D eigenvalue weighted by Gasteiger charge is -2.10. The van der Waals surface area contributed by atoms with Crippen LogP contribution in [0.15, 0.2) is 36.4 Å².